The fourth-order valence-electron chi connectivity index (χ4n) is 3.32. The quantitative estimate of drug-likeness (QED) is 0.822. The van der Waals surface area contributed by atoms with E-state index in [1.165, 1.54) is 0 Å². The number of imidazole rings is 1. The van der Waals surface area contributed by atoms with Crippen LogP contribution in [-0.2, 0) is 11.3 Å². The molecular formula is C20H28ClN5O3. The summed E-state index contributed by atoms with van der Waals surface area (Å²) in [5.41, 5.74) is 1.03. The Morgan fingerprint density at radius 3 is 2.62 bits per heavy atom. The topological polar surface area (TPSA) is 79.2 Å². The molecule has 0 spiro atoms. The molecule has 0 unspecified atom stereocenters. The lowest BCUT2D eigenvalue weighted by Crippen LogP contribution is -2.50. The lowest BCUT2D eigenvalue weighted by atomic mass is 10.0. The average Bonchev–Trinajstić information content (AvgIpc) is 3.06. The van der Waals surface area contributed by atoms with E-state index in [9.17, 15) is 9.59 Å². The summed E-state index contributed by atoms with van der Waals surface area (Å²) < 4.78 is 7.26. The number of ether oxygens (including phenoxy) is 1. The maximum Gasteiger partial charge on any atom is 0.410 e. The van der Waals surface area contributed by atoms with Gasteiger partial charge in [-0.2, -0.15) is 0 Å². The second-order valence-corrected chi connectivity index (χ2v) is 8.75. The highest BCUT2D eigenvalue weighted by molar-refractivity contribution is 6.30. The van der Waals surface area contributed by atoms with Crippen LogP contribution in [-0.4, -0.2) is 63.1 Å². The first-order chi connectivity index (χ1) is 13.6. The number of halogens is 1. The van der Waals surface area contributed by atoms with Gasteiger partial charge in [-0.25, -0.2) is 14.6 Å². The molecule has 3 heterocycles. The van der Waals surface area contributed by atoms with Crippen LogP contribution in [0.2, 0.25) is 5.02 Å². The van der Waals surface area contributed by atoms with Gasteiger partial charge < -0.3 is 24.3 Å². The van der Waals surface area contributed by atoms with Crippen molar-refractivity contribution in [1.29, 1.82) is 0 Å². The van der Waals surface area contributed by atoms with Crippen molar-refractivity contribution < 1.29 is 14.3 Å². The van der Waals surface area contributed by atoms with E-state index in [1.807, 2.05) is 37.4 Å². The molecule has 1 fully saturated rings. The van der Waals surface area contributed by atoms with Gasteiger partial charge in [-0.3, -0.25) is 0 Å². The van der Waals surface area contributed by atoms with Crippen LogP contribution in [0.15, 0.2) is 24.5 Å². The predicted octanol–water partition coefficient (Wildman–Crippen LogP) is 3.53. The predicted molar refractivity (Wildman–Crippen MR) is 111 cm³/mol. The summed E-state index contributed by atoms with van der Waals surface area (Å²) in [7, 11) is 1.75. The molecule has 8 nitrogen and oxygen atoms in total. The first-order valence-corrected chi connectivity index (χ1v) is 10.1. The van der Waals surface area contributed by atoms with Crippen molar-refractivity contribution in [2.75, 3.05) is 20.1 Å². The normalized spacial score (nSPS) is 15.4. The van der Waals surface area contributed by atoms with E-state index < -0.39 is 5.60 Å². The molecule has 3 amide bonds. The minimum Gasteiger partial charge on any atom is -0.444 e. The summed E-state index contributed by atoms with van der Waals surface area (Å²) in [6.45, 7) is 7.07. The first kappa shape index (κ1) is 21.2. The standard InChI is InChI=1S/C20H28ClN5O3/c1-20(2,3)29-19(28)24(4)16-7-9-25(10-8-16)18(27)22-11-15-13-26-12-14(21)5-6-17(26)23-15/h5-6,12-13,16H,7-11H2,1-4H3,(H,22,27). The highest BCUT2D eigenvalue weighted by Crippen LogP contribution is 2.18. The molecule has 9 heteroatoms. The van der Waals surface area contributed by atoms with Crippen LogP contribution in [0.25, 0.3) is 5.65 Å². The Morgan fingerprint density at radius 1 is 1.28 bits per heavy atom. The number of piperidine rings is 1. The Morgan fingerprint density at radius 2 is 1.97 bits per heavy atom. The number of likely N-dealkylation sites (tertiary alicyclic amines) is 1. The molecule has 158 valence electrons. The fraction of sp³-hybridized carbons (Fsp3) is 0.550. The number of rotatable bonds is 3. The van der Waals surface area contributed by atoms with Crippen molar-refractivity contribution in [2.24, 2.45) is 0 Å². The van der Waals surface area contributed by atoms with Crippen molar-refractivity contribution in [1.82, 2.24) is 24.5 Å². The minimum atomic E-state index is -0.519. The van der Waals surface area contributed by atoms with Gasteiger partial charge in [-0.15, -0.1) is 0 Å². The van der Waals surface area contributed by atoms with E-state index in [4.69, 9.17) is 16.3 Å². The van der Waals surface area contributed by atoms with Gasteiger partial charge in [0.1, 0.15) is 11.2 Å². The molecule has 0 radical (unpaired) electrons. The Labute approximate surface area is 175 Å². The summed E-state index contributed by atoms with van der Waals surface area (Å²) in [4.78, 5) is 32.6. The van der Waals surface area contributed by atoms with Crippen molar-refractivity contribution >= 4 is 29.4 Å². The van der Waals surface area contributed by atoms with Crippen LogP contribution in [0, 0.1) is 0 Å². The van der Waals surface area contributed by atoms with Crippen LogP contribution in [0.4, 0.5) is 9.59 Å². The molecule has 1 aliphatic rings. The molecule has 2 aromatic rings. The fourth-order valence-corrected chi connectivity index (χ4v) is 3.49. The van der Waals surface area contributed by atoms with Gasteiger partial charge in [0.25, 0.3) is 0 Å². The van der Waals surface area contributed by atoms with Crippen LogP contribution >= 0.6 is 11.6 Å². The number of pyridine rings is 1. The molecule has 29 heavy (non-hydrogen) atoms. The van der Waals surface area contributed by atoms with Gasteiger partial charge in [0.2, 0.25) is 0 Å². The van der Waals surface area contributed by atoms with Crippen LogP contribution < -0.4 is 5.32 Å². The van der Waals surface area contributed by atoms with Crippen molar-refractivity contribution in [3.63, 3.8) is 0 Å². The number of carbonyl (C=O) groups is 2. The number of urea groups is 1. The minimum absolute atomic E-state index is 0.0667. The number of carbonyl (C=O) groups excluding carboxylic acids is 2. The third-order valence-electron chi connectivity index (χ3n) is 4.87. The van der Waals surface area contributed by atoms with Crippen LogP contribution in [0.1, 0.15) is 39.3 Å². The number of aromatic nitrogens is 2. The van der Waals surface area contributed by atoms with E-state index in [-0.39, 0.29) is 18.2 Å². The largest absolute Gasteiger partial charge is 0.444 e. The molecule has 0 bridgehead atoms. The van der Waals surface area contributed by atoms with Crippen molar-refractivity contribution in [3.8, 4) is 0 Å². The van der Waals surface area contributed by atoms with E-state index in [0.717, 1.165) is 24.2 Å². The zero-order valence-electron chi connectivity index (χ0n) is 17.3. The molecule has 0 saturated carbocycles. The Balaban J connectivity index is 1.47. The molecule has 0 aromatic carbocycles. The summed E-state index contributed by atoms with van der Waals surface area (Å²) in [5, 5.41) is 3.54. The third kappa shape index (κ3) is 5.53. The van der Waals surface area contributed by atoms with E-state index in [1.54, 1.807) is 29.1 Å². The molecule has 0 aliphatic carbocycles. The maximum atomic E-state index is 12.5. The van der Waals surface area contributed by atoms with Gasteiger partial charge >= 0.3 is 12.1 Å². The Bertz CT molecular complexity index is 884. The lowest BCUT2D eigenvalue weighted by molar-refractivity contribution is 0.0168. The SMILES string of the molecule is CN(C(=O)OC(C)(C)C)C1CCN(C(=O)NCc2cn3cc(Cl)ccc3n2)CC1. The third-order valence-corrected chi connectivity index (χ3v) is 5.09. The van der Waals surface area contributed by atoms with Gasteiger partial charge in [-0.1, -0.05) is 11.6 Å². The van der Waals surface area contributed by atoms with E-state index in [2.05, 4.69) is 10.3 Å². The summed E-state index contributed by atoms with van der Waals surface area (Å²) >= 11 is 5.98. The summed E-state index contributed by atoms with van der Waals surface area (Å²) in [6, 6.07) is 3.56. The highest BCUT2D eigenvalue weighted by Gasteiger charge is 2.29. The molecular weight excluding hydrogens is 394 g/mol. The van der Waals surface area contributed by atoms with E-state index >= 15 is 0 Å². The number of hydrogen-bond acceptors (Lipinski definition) is 4. The summed E-state index contributed by atoms with van der Waals surface area (Å²) in [6.07, 6.45) is 4.74. The Hall–Kier alpha value is -2.48. The molecule has 1 N–H and O–H groups in total. The van der Waals surface area contributed by atoms with Gasteiger partial charge in [0.05, 0.1) is 17.3 Å². The van der Waals surface area contributed by atoms with Crippen molar-refractivity contribution in [2.45, 2.75) is 51.8 Å². The average molecular weight is 422 g/mol. The number of nitrogens with zero attached hydrogens (tertiary/aromatic N) is 4. The molecule has 1 aliphatic heterocycles. The molecule has 2 aromatic heterocycles. The second-order valence-electron chi connectivity index (χ2n) is 8.31. The molecule has 0 atom stereocenters. The van der Waals surface area contributed by atoms with Crippen LogP contribution in [0.3, 0.4) is 0 Å². The van der Waals surface area contributed by atoms with Gasteiger partial charge in [0.15, 0.2) is 0 Å². The van der Waals surface area contributed by atoms with Crippen molar-refractivity contribution in [3.05, 3.63) is 35.2 Å². The zero-order valence-corrected chi connectivity index (χ0v) is 18.1. The number of fused-ring (bicyclic) bond motifs is 1. The highest BCUT2D eigenvalue weighted by atomic mass is 35.5. The molecule has 3 rings (SSSR count). The molecule has 1 saturated heterocycles. The summed E-state index contributed by atoms with van der Waals surface area (Å²) in [5.74, 6) is 0. The van der Waals surface area contributed by atoms with Gasteiger partial charge in [0, 0.05) is 38.6 Å². The zero-order chi connectivity index (χ0) is 21.2. The Kier molecular flexibility index (Phi) is 6.21. The lowest BCUT2D eigenvalue weighted by Gasteiger charge is -2.37. The van der Waals surface area contributed by atoms with Crippen LogP contribution in [0.5, 0.6) is 0 Å². The van der Waals surface area contributed by atoms with E-state index in [0.29, 0.717) is 24.7 Å². The number of nitrogens with one attached hydrogen (secondary N) is 1. The number of amides is 3. The first-order valence-electron chi connectivity index (χ1n) is 9.74. The monoisotopic (exact) mass is 421 g/mol. The second kappa shape index (κ2) is 8.49. The maximum absolute atomic E-state index is 12.5. The number of hydrogen-bond donors (Lipinski definition) is 1. The smallest absolute Gasteiger partial charge is 0.410 e. The van der Waals surface area contributed by atoms with Gasteiger partial charge in [-0.05, 0) is 45.7 Å².